The van der Waals surface area contributed by atoms with Gasteiger partial charge in [0.25, 0.3) is 0 Å². The van der Waals surface area contributed by atoms with Gasteiger partial charge in [0.1, 0.15) is 5.60 Å². The largest absolute Gasteiger partial charge is 0.462 e. The first-order chi connectivity index (χ1) is 15.5. The zero-order valence-corrected chi connectivity index (χ0v) is 17.9. The van der Waals surface area contributed by atoms with Crippen LogP contribution in [0.4, 0.5) is 18.9 Å². The average molecular weight is 458 g/mol. The highest BCUT2D eigenvalue weighted by Gasteiger charge is 2.35. The van der Waals surface area contributed by atoms with Crippen LogP contribution in [0.2, 0.25) is 0 Å². The first-order valence-corrected chi connectivity index (χ1v) is 10.1. The van der Waals surface area contributed by atoms with Crippen LogP contribution in [-0.4, -0.2) is 33.6 Å². The maximum Gasteiger partial charge on any atom is 0.407 e. The molecule has 172 valence electrons. The van der Waals surface area contributed by atoms with Gasteiger partial charge in [0, 0.05) is 23.5 Å². The van der Waals surface area contributed by atoms with E-state index in [-0.39, 0.29) is 24.3 Å². The van der Waals surface area contributed by atoms with E-state index in [9.17, 15) is 27.9 Å². The zero-order chi connectivity index (χ0) is 24.4. The highest BCUT2D eigenvalue weighted by molar-refractivity contribution is 6.04. The number of alkyl halides is 3. The smallest absolute Gasteiger partial charge is 0.407 e. The third-order valence-electron chi connectivity index (χ3n) is 5.21. The van der Waals surface area contributed by atoms with E-state index in [1.807, 2.05) is 0 Å². The molecule has 0 saturated heterocycles. The first kappa shape index (κ1) is 24.0. The minimum atomic E-state index is -4.74. The van der Waals surface area contributed by atoms with Crippen molar-refractivity contribution in [2.75, 3.05) is 6.61 Å². The molecule has 0 aliphatic rings. The van der Waals surface area contributed by atoms with Gasteiger partial charge in [-0.2, -0.15) is 13.2 Å². The van der Waals surface area contributed by atoms with Gasteiger partial charge in [0.15, 0.2) is 11.5 Å². The summed E-state index contributed by atoms with van der Waals surface area (Å²) in [5, 5.41) is 11.5. The lowest BCUT2D eigenvalue weighted by molar-refractivity contribution is -0.138. The second-order valence-electron chi connectivity index (χ2n) is 7.74. The molecule has 0 aliphatic carbocycles. The monoisotopic (exact) mass is 458 g/mol. The van der Waals surface area contributed by atoms with Gasteiger partial charge in [-0.15, -0.1) is 0 Å². The molecule has 33 heavy (non-hydrogen) atoms. The Morgan fingerprint density at radius 2 is 1.88 bits per heavy atom. The summed E-state index contributed by atoms with van der Waals surface area (Å²) in [6.45, 7) is 9.81. The highest BCUT2D eigenvalue weighted by Crippen LogP contribution is 2.37. The number of hydrogen-bond donors (Lipinski definition) is 1. The fourth-order valence-electron chi connectivity index (χ4n) is 3.56. The van der Waals surface area contributed by atoms with Crippen LogP contribution in [0, 0.1) is 6.57 Å². The second kappa shape index (κ2) is 9.08. The fourth-order valence-corrected chi connectivity index (χ4v) is 3.56. The molecule has 9 heteroatoms. The Morgan fingerprint density at radius 3 is 2.52 bits per heavy atom. The molecule has 1 heterocycles. The van der Waals surface area contributed by atoms with Crippen molar-refractivity contribution in [2.45, 2.75) is 38.6 Å². The number of aliphatic hydroxyl groups is 1. The summed E-state index contributed by atoms with van der Waals surface area (Å²) in [7, 11) is 0. The van der Waals surface area contributed by atoms with Crippen molar-refractivity contribution < 1.29 is 32.6 Å². The zero-order valence-electron chi connectivity index (χ0n) is 17.9. The predicted octanol–water partition coefficient (Wildman–Crippen LogP) is 4.95. The number of rotatable bonds is 7. The van der Waals surface area contributed by atoms with E-state index in [1.54, 1.807) is 35.8 Å². The maximum atomic E-state index is 13.2. The van der Waals surface area contributed by atoms with E-state index >= 15 is 0 Å². The van der Waals surface area contributed by atoms with E-state index in [0.29, 0.717) is 10.9 Å². The Hall–Kier alpha value is -3.64. The Labute approximate surface area is 188 Å². The molecule has 1 N–H and O–H groups in total. The number of benzene rings is 2. The highest BCUT2D eigenvalue weighted by atomic mass is 19.4. The van der Waals surface area contributed by atoms with Gasteiger partial charge in [0.05, 0.1) is 30.9 Å². The first-order valence-electron chi connectivity index (χ1n) is 10.1. The van der Waals surface area contributed by atoms with Crippen LogP contribution < -0.4 is 0 Å². The van der Waals surface area contributed by atoms with Crippen LogP contribution in [0.25, 0.3) is 15.7 Å². The lowest BCUT2D eigenvalue weighted by atomic mass is 9.94. The Bertz CT molecular complexity index is 1250. The van der Waals surface area contributed by atoms with E-state index in [4.69, 9.17) is 11.3 Å². The minimum absolute atomic E-state index is 0.0320. The second-order valence-corrected chi connectivity index (χ2v) is 7.74. The minimum Gasteiger partial charge on any atom is -0.462 e. The van der Waals surface area contributed by atoms with Crippen LogP contribution in [0.15, 0.2) is 48.7 Å². The standard InChI is InChI=1S/C24H21F3N2O4/c1-4-33-22(31)17-13-29(20-8-6-5-7-16(17)20)14-23(2,32)21(30)12-15-9-10-19(28-3)18(11-15)24(25,26)27/h5-11,13,32H,4,12,14H2,1-2H3/t23-/m0/s1. The Balaban J connectivity index is 1.89. The molecule has 6 nitrogen and oxygen atoms in total. The van der Waals surface area contributed by atoms with Crippen molar-refractivity contribution in [1.29, 1.82) is 0 Å². The molecular weight excluding hydrogens is 437 g/mol. The van der Waals surface area contributed by atoms with Crippen molar-refractivity contribution in [2.24, 2.45) is 0 Å². The number of fused-ring (bicyclic) bond motifs is 1. The molecule has 0 spiro atoms. The molecule has 1 aromatic heterocycles. The number of ether oxygens (including phenoxy) is 1. The predicted molar refractivity (Wildman–Crippen MR) is 115 cm³/mol. The van der Waals surface area contributed by atoms with Gasteiger partial charge in [0.2, 0.25) is 0 Å². The number of ketones is 1. The summed E-state index contributed by atoms with van der Waals surface area (Å²) < 4.78 is 46.3. The van der Waals surface area contributed by atoms with Crippen LogP contribution in [-0.2, 0) is 28.7 Å². The number of Topliss-reactive ketones (excluding diaryl/α,β-unsaturated/α-hetero) is 1. The van der Waals surface area contributed by atoms with E-state index in [1.165, 1.54) is 19.2 Å². The topological polar surface area (TPSA) is 72.9 Å². The van der Waals surface area contributed by atoms with Crippen molar-refractivity contribution in [3.05, 3.63) is 76.8 Å². The SMILES string of the molecule is [C-]#[N+]c1ccc(CC(=O)[C@@](C)(O)Cn2cc(C(=O)OCC)c3ccccc32)cc1C(F)(F)F. The molecule has 0 amide bonds. The molecule has 2 aromatic carbocycles. The molecule has 0 radical (unpaired) electrons. The van der Waals surface area contributed by atoms with Gasteiger partial charge in [-0.25, -0.2) is 9.64 Å². The van der Waals surface area contributed by atoms with Crippen LogP contribution >= 0.6 is 0 Å². The quantitative estimate of drug-likeness (QED) is 0.402. The molecule has 0 bridgehead atoms. The average Bonchev–Trinajstić information content (AvgIpc) is 3.11. The summed E-state index contributed by atoms with van der Waals surface area (Å²) in [5.74, 6) is -1.25. The van der Waals surface area contributed by atoms with Crippen molar-refractivity contribution >= 4 is 28.3 Å². The van der Waals surface area contributed by atoms with Crippen LogP contribution in [0.3, 0.4) is 0 Å². The molecular formula is C24H21F3N2O4. The Kier molecular flexibility index (Phi) is 6.60. The summed E-state index contributed by atoms with van der Waals surface area (Å²) in [6.07, 6.45) is -3.72. The maximum absolute atomic E-state index is 13.2. The molecule has 0 unspecified atom stereocenters. The number of halogens is 3. The Morgan fingerprint density at radius 1 is 1.18 bits per heavy atom. The number of carbonyl (C=O) groups excluding carboxylic acids is 2. The van der Waals surface area contributed by atoms with Crippen molar-refractivity contribution in [3.63, 3.8) is 0 Å². The number of carbonyl (C=O) groups is 2. The van der Waals surface area contributed by atoms with Gasteiger partial charge >= 0.3 is 12.1 Å². The van der Waals surface area contributed by atoms with Gasteiger partial charge in [-0.3, -0.25) is 4.79 Å². The van der Waals surface area contributed by atoms with E-state index in [0.717, 1.165) is 12.1 Å². The molecule has 0 aliphatic heterocycles. The van der Waals surface area contributed by atoms with Gasteiger partial charge in [-0.1, -0.05) is 36.4 Å². The number of aromatic nitrogens is 1. The molecule has 0 saturated carbocycles. The summed E-state index contributed by atoms with van der Waals surface area (Å²) in [4.78, 5) is 28.0. The van der Waals surface area contributed by atoms with E-state index < -0.39 is 41.2 Å². The normalized spacial score (nSPS) is 13.4. The number of esters is 1. The third kappa shape index (κ3) is 5.07. The lowest BCUT2D eigenvalue weighted by Gasteiger charge is -2.23. The fraction of sp³-hybridized carbons (Fsp3) is 0.292. The lowest BCUT2D eigenvalue weighted by Crippen LogP contribution is -2.40. The molecule has 1 atom stereocenters. The third-order valence-corrected chi connectivity index (χ3v) is 5.21. The molecule has 3 rings (SSSR count). The number of hydrogen-bond acceptors (Lipinski definition) is 4. The molecule has 0 fully saturated rings. The van der Waals surface area contributed by atoms with Crippen LogP contribution in [0.5, 0.6) is 0 Å². The van der Waals surface area contributed by atoms with Crippen molar-refractivity contribution in [3.8, 4) is 0 Å². The summed E-state index contributed by atoms with van der Waals surface area (Å²) in [6, 6.07) is 9.94. The van der Waals surface area contributed by atoms with Gasteiger partial charge in [-0.05, 0) is 25.5 Å². The summed E-state index contributed by atoms with van der Waals surface area (Å²) >= 11 is 0. The summed E-state index contributed by atoms with van der Waals surface area (Å²) in [5.41, 5.74) is -2.72. The van der Waals surface area contributed by atoms with E-state index in [2.05, 4.69) is 4.85 Å². The van der Waals surface area contributed by atoms with Crippen molar-refractivity contribution in [1.82, 2.24) is 4.57 Å². The number of para-hydroxylation sites is 1. The number of nitrogens with zero attached hydrogens (tertiary/aromatic N) is 2. The van der Waals surface area contributed by atoms with Gasteiger partial charge < -0.3 is 14.4 Å². The van der Waals surface area contributed by atoms with Crippen LogP contribution in [0.1, 0.15) is 35.3 Å². The molecule has 3 aromatic rings.